The second-order valence-electron chi connectivity index (χ2n) is 7.28. The van der Waals surface area contributed by atoms with Crippen molar-refractivity contribution in [3.8, 4) is 22.5 Å². The molecule has 158 valence electrons. The fourth-order valence-electron chi connectivity index (χ4n) is 3.61. The lowest BCUT2D eigenvalue weighted by Gasteiger charge is -2.09. The molecule has 0 saturated heterocycles. The number of carboxylic acid groups (broad SMARTS) is 1. The monoisotopic (exact) mass is 434 g/mol. The van der Waals surface area contributed by atoms with Gasteiger partial charge in [0.1, 0.15) is 5.69 Å². The van der Waals surface area contributed by atoms with Gasteiger partial charge < -0.3 is 5.11 Å². The zero-order valence-electron chi connectivity index (χ0n) is 17.0. The van der Waals surface area contributed by atoms with E-state index >= 15 is 0 Å². The van der Waals surface area contributed by atoms with E-state index in [2.05, 4.69) is 26.5 Å². The number of hydrogen-bond donors (Lipinski definition) is 3. The second-order valence-corrected chi connectivity index (χ2v) is 8.04. The predicted molar refractivity (Wildman–Crippen MR) is 121 cm³/mol. The van der Waals surface area contributed by atoms with Gasteiger partial charge in [0, 0.05) is 29.1 Å². The van der Waals surface area contributed by atoms with Gasteiger partial charge in [-0.05, 0) is 29.5 Å². The van der Waals surface area contributed by atoms with Crippen LogP contribution in [0.25, 0.3) is 22.5 Å². The molecule has 31 heavy (non-hydrogen) atoms. The van der Waals surface area contributed by atoms with Gasteiger partial charge in [-0.15, -0.1) is 0 Å². The van der Waals surface area contributed by atoms with E-state index in [0.717, 1.165) is 64.3 Å². The maximum atomic E-state index is 11.6. The number of benzene rings is 2. The number of unbranched alkanes of at least 4 members (excludes halogenated alkanes) is 1. The molecule has 3 N–H and O–H groups in total. The molecule has 0 radical (unpaired) electrons. The highest BCUT2D eigenvalue weighted by molar-refractivity contribution is 7.03. The summed E-state index contributed by atoms with van der Waals surface area (Å²) in [4.78, 5) is 26.9. The molecular formula is C23H22N4O3S. The quantitative estimate of drug-likeness (QED) is 0.377. The van der Waals surface area contributed by atoms with E-state index in [4.69, 9.17) is 0 Å². The summed E-state index contributed by atoms with van der Waals surface area (Å²) in [6.45, 7) is 2.10. The Morgan fingerprint density at radius 3 is 2.48 bits per heavy atom. The van der Waals surface area contributed by atoms with Gasteiger partial charge in [0.2, 0.25) is 0 Å². The van der Waals surface area contributed by atoms with Crippen LogP contribution < -0.4 is 4.87 Å². The summed E-state index contributed by atoms with van der Waals surface area (Å²) in [5.74, 6) is -0.437. The minimum absolute atomic E-state index is 0.160. The van der Waals surface area contributed by atoms with Crippen LogP contribution in [-0.2, 0) is 12.8 Å². The van der Waals surface area contributed by atoms with Gasteiger partial charge in [-0.25, -0.2) is 4.79 Å². The summed E-state index contributed by atoms with van der Waals surface area (Å²) in [5.41, 5.74) is 5.55. The molecule has 2 aromatic heterocycles. The standard InChI is InChI=1S/C23H22N4O3S/c1-2-3-8-19-18(20(22(28)29)26-25-19)13-14-9-11-15(12-10-14)16-6-4-5-7-17(16)21-24-23(30)31-27-21/h4-7,9-12H,2-3,8,13H2,1H3,(H,25,26)(H,28,29)(H,24,27,30). The van der Waals surface area contributed by atoms with Crippen molar-refractivity contribution < 1.29 is 9.90 Å². The molecule has 0 aliphatic rings. The number of carboxylic acids is 1. The summed E-state index contributed by atoms with van der Waals surface area (Å²) < 4.78 is 2.96. The number of aromatic amines is 2. The van der Waals surface area contributed by atoms with E-state index in [1.165, 1.54) is 0 Å². The van der Waals surface area contributed by atoms with E-state index in [1.807, 2.05) is 48.5 Å². The van der Waals surface area contributed by atoms with Crippen molar-refractivity contribution in [2.24, 2.45) is 0 Å². The Morgan fingerprint density at radius 2 is 1.84 bits per heavy atom. The van der Waals surface area contributed by atoms with Crippen LogP contribution in [0, 0.1) is 0 Å². The molecule has 7 nitrogen and oxygen atoms in total. The van der Waals surface area contributed by atoms with Crippen molar-refractivity contribution in [2.75, 3.05) is 0 Å². The van der Waals surface area contributed by atoms with Crippen LogP contribution in [0.4, 0.5) is 0 Å². The van der Waals surface area contributed by atoms with Crippen molar-refractivity contribution in [3.05, 3.63) is 80.7 Å². The molecule has 4 aromatic rings. The minimum atomic E-state index is -0.993. The Morgan fingerprint density at radius 1 is 1.10 bits per heavy atom. The van der Waals surface area contributed by atoms with Crippen LogP contribution in [0.15, 0.2) is 53.3 Å². The first-order valence-corrected chi connectivity index (χ1v) is 10.9. The number of aromatic nitrogens is 4. The van der Waals surface area contributed by atoms with E-state index in [1.54, 1.807) is 0 Å². The smallest absolute Gasteiger partial charge is 0.354 e. The van der Waals surface area contributed by atoms with Crippen molar-refractivity contribution in [1.29, 1.82) is 0 Å². The summed E-state index contributed by atoms with van der Waals surface area (Å²) >= 11 is 0.970. The molecule has 0 aliphatic heterocycles. The van der Waals surface area contributed by atoms with Crippen molar-refractivity contribution in [3.63, 3.8) is 0 Å². The van der Waals surface area contributed by atoms with Crippen molar-refractivity contribution in [2.45, 2.75) is 32.6 Å². The number of hydrogen-bond acceptors (Lipinski definition) is 5. The highest BCUT2D eigenvalue weighted by Gasteiger charge is 2.18. The van der Waals surface area contributed by atoms with Crippen LogP contribution in [0.1, 0.15) is 47.1 Å². The fraction of sp³-hybridized carbons (Fsp3) is 0.217. The molecule has 0 spiro atoms. The maximum absolute atomic E-state index is 11.6. The maximum Gasteiger partial charge on any atom is 0.354 e. The largest absolute Gasteiger partial charge is 0.477 e. The first-order chi connectivity index (χ1) is 15.1. The molecule has 0 amide bonds. The molecule has 0 atom stereocenters. The summed E-state index contributed by atoms with van der Waals surface area (Å²) in [6, 6.07) is 15.8. The second kappa shape index (κ2) is 9.09. The van der Waals surface area contributed by atoms with Crippen molar-refractivity contribution >= 4 is 17.5 Å². The number of aryl methyl sites for hydroxylation is 1. The third kappa shape index (κ3) is 4.49. The van der Waals surface area contributed by atoms with Crippen LogP contribution >= 0.6 is 11.5 Å². The molecule has 0 bridgehead atoms. The molecule has 4 rings (SSSR count). The van der Waals surface area contributed by atoms with E-state index in [0.29, 0.717) is 12.2 Å². The first kappa shape index (κ1) is 20.7. The van der Waals surface area contributed by atoms with Crippen LogP contribution in [0.5, 0.6) is 0 Å². The number of nitrogens with one attached hydrogen (secondary N) is 2. The number of nitrogens with zero attached hydrogens (tertiary/aromatic N) is 2. The van der Waals surface area contributed by atoms with E-state index in [-0.39, 0.29) is 10.6 Å². The zero-order chi connectivity index (χ0) is 21.8. The third-order valence-corrected chi connectivity index (χ3v) is 5.76. The molecule has 8 heteroatoms. The van der Waals surface area contributed by atoms with Gasteiger partial charge in [-0.2, -0.15) is 10.1 Å². The summed E-state index contributed by atoms with van der Waals surface area (Å²) in [7, 11) is 0. The topological polar surface area (TPSA) is 112 Å². The number of carbonyl (C=O) groups is 1. The highest BCUT2D eigenvalue weighted by Crippen LogP contribution is 2.30. The van der Waals surface area contributed by atoms with Gasteiger partial charge in [-0.3, -0.25) is 14.3 Å². The molecular weight excluding hydrogens is 412 g/mol. The predicted octanol–water partition coefficient (Wildman–Crippen LogP) is 4.52. The first-order valence-electron chi connectivity index (χ1n) is 10.1. The van der Waals surface area contributed by atoms with E-state index < -0.39 is 5.97 Å². The average molecular weight is 435 g/mol. The van der Waals surface area contributed by atoms with Gasteiger partial charge in [-0.1, -0.05) is 61.9 Å². The summed E-state index contributed by atoms with van der Waals surface area (Å²) in [6.07, 6.45) is 3.24. The Hall–Kier alpha value is -3.52. The number of H-pyrrole nitrogens is 2. The SMILES string of the molecule is CCCCc1n[nH]c(C(=O)O)c1Cc1ccc(-c2ccccc2-c2nc(=O)s[nH]2)cc1. The fourth-order valence-corrected chi connectivity index (χ4v) is 4.09. The van der Waals surface area contributed by atoms with Gasteiger partial charge in [0.05, 0.1) is 5.69 Å². The molecule has 2 aromatic carbocycles. The van der Waals surface area contributed by atoms with Crippen LogP contribution in [0.3, 0.4) is 0 Å². The zero-order valence-corrected chi connectivity index (χ0v) is 17.8. The Kier molecular flexibility index (Phi) is 6.08. The average Bonchev–Trinajstić information content (AvgIpc) is 3.39. The molecule has 2 heterocycles. The highest BCUT2D eigenvalue weighted by atomic mass is 32.1. The van der Waals surface area contributed by atoms with Gasteiger partial charge >= 0.3 is 10.8 Å². The van der Waals surface area contributed by atoms with Gasteiger partial charge in [0.15, 0.2) is 5.82 Å². The van der Waals surface area contributed by atoms with Gasteiger partial charge in [0.25, 0.3) is 0 Å². The molecule has 0 aliphatic carbocycles. The van der Waals surface area contributed by atoms with Crippen LogP contribution in [0.2, 0.25) is 0 Å². The Balaban J connectivity index is 1.63. The lowest BCUT2D eigenvalue weighted by Crippen LogP contribution is -2.03. The normalized spacial score (nSPS) is 11.0. The Bertz CT molecular complexity index is 1250. The lowest BCUT2D eigenvalue weighted by atomic mass is 9.95. The Labute approximate surface area is 183 Å². The number of aromatic carboxylic acids is 1. The lowest BCUT2D eigenvalue weighted by molar-refractivity contribution is 0.0689. The summed E-state index contributed by atoms with van der Waals surface area (Å²) in [5, 5.41) is 16.4. The van der Waals surface area contributed by atoms with Crippen LogP contribution in [-0.4, -0.2) is 30.6 Å². The van der Waals surface area contributed by atoms with E-state index in [9.17, 15) is 14.7 Å². The third-order valence-electron chi connectivity index (χ3n) is 5.20. The molecule has 0 fully saturated rings. The molecule has 0 unspecified atom stereocenters. The molecule has 0 saturated carbocycles. The minimum Gasteiger partial charge on any atom is -0.477 e. The number of rotatable bonds is 8. The van der Waals surface area contributed by atoms with Crippen molar-refractivity contribution in [1.82, 2.24) is 19.6 Å².